The van der Waals surface area contributed by atoms with E-state index >= 15 is 0 Å². The lowest BCUT2D eigenvalue weighted by Crippen LogP contribution is -2.22. The first-order valence-corrected chi connectivity index (χ1v) is 4.53. The third kappa shape index (κ3) is 2.33. The van der Waals surface area contributed by atoms with E-state index in [2.05, 4.69) is 4.74 Å². The van der Waals surface area contributed by atoms with Crippen LogP contribution in [0.1, 0.15) is 17.0 Å². The number of hydrogen-bond donors (Lipinski definition) is 1. The molecule has 0 amide bonds. The van der Waals surface area contributed by atoms with Crippen molar-refractivity contribution in [3.8, 4) is 0 Å². The Morgan fingerprint density at radius 3 is 2.79 bits per heavy atom. The molecule has 0 aromatic heterocycles. The minimum atomic E-state index is -0.347. The number of benzene rings is 1. The number of carbonyl (C=O) groups is 1. The normalized spacial score (nSPS) is 12.2. The van der Waals surface area contributed by atoms with Crippen LogP contribution < -0.4 is 5.73 Å². The molecule has 0 saturated heterocycles. The number of esters is 1. The van der Waals surface area contributed by atoms with Gasteiger partial charge in [-0.15, -0.1) is 0 Å². The standard InChI is InChI=1S/C11H15NO2/c1-8-4-3-5-9(6-8)10(7-12)11(13)14-2/h3-6,10H,7,12H2,1-2H3/t10-/m1/s1. The molecular weight excluding hydrogens is 178 g/mol. The second-order valence-electron chi connectivity index (χ2n) is 3.23. The highest BCUT2D eigenvalue weighted by atomic mass is 16.5. The second kappa shape index (κ2) is 4.77. The van der Waals surface area contributed by atoms with Crippen LogP contribution in [-0.4, -0.2) is 19.6 Å². The van der Waals surface area contributed by atoms with Gasteiger partial charge in [-0.05, 0) is 12.5 Å². The van der Waals surface area contributed by atoms with Gasteiger partial charge in [0.15, 0.2) is 0 Å². The summed E-state index contributed by atoms with van der Waals surface area (Å²) in [5, 5.41) is 0. The highest BCUT2D eigenvalue weighted by Gasteiger charge is 2.19. The molecule has 3 heteroatoms. The fourth-order valence-electron chi connectivity index (χ4n) is 1.40. The van der Waals surface area contributed by atoms with Crippen LogP contribution in [0.4, 0.5) is 0 Å². The molecule has 0 spiro atoms. The second-order valence-corrected chi connectivity index (χ2v) is 3.23. The zero-order valence-corrected chi connectivity index (χ0v) is 8.49. The summed E-state index contributed by atoms with van der Waals surface area (Å²) in [6.45, 7) is 2.25. The Morgan fingerprint density at radius 1 is 1.57 bits per heavy atom. The Balaban J connectivity index is 2.94. The number of nitrogens with two attached hydrogens (primary N) is 1. The van der Waals surface area contributed by atoms with Crippen molar-refractivity contribution < 1.29 is 9.53 Å². The Hall–Kier alpha value is -1.35. The predicted molar refractivity (Wildman–Crippen MR) is 55.0 cm³/mol. The Labute approximate surface area is 83.9 Å². The summed E-state index contributed by atoms with van der Waals surface area (Å²) in [5.74, 6) is -0.627. The van der Waals surface area contributed by atoms with Crippen LogP contribution in [0.15, 0.2) is 24.3 Å². The number of aryl methyl sites for hydroxylation is 1. The largest absolute Gasteiger partial charge is 0.469 e. The minimum absolute atomic E-state index is 0.274. The fraction of sp³-hybridized carbons (Fsp3) is 0.364. The lowest BCUT2D eigenvalue weighted by molar-refractivity contribution is -0.142. The smallest absolute Gasteiger partial charge is 0.314 e. The Bertz CT molecular complexity index is 323. The molecule has 1 aromatic rings. The van der Waals surface area contributed by atoms with Crippen LogP contribution >= 0.6 is 0 Å². The van der Waals surface area contributed by atoms with Crippen molar-refractivity contribution in [2.75, 3.05) is 13.7 Å². The lowest BCUT2D eigenvalue weighted by atomic mass is 9.98. The molecule has 0 aliphatic carbocycles. The first kappa shape index (κ1) is 10.7. The molecule has 1 atom stereocenters. The van der Waals surface area contributed by atoms with Crippen LogP contribution in [-0.2, 0) is 9.53 Å². The zero-order chi connectivity index (χ0) is 10.6. The zero-order valence-electron chi connectivity index (χ0n) is 8.49. The Morgan fingerprint density at radius 2 is 2.29 bits per heavy atom. The average Bonchev–Trinajstić information content (AvgIpc) is 2.19. The van der Waals surface area contributed by atoms with E-state index in [1.165, 1.54) is 7.11 Å². The van der Waals surface area contributed by atoms with Crippen molar-refractivity contribution in [3.05, 3.63) is 35.4 Å². The van der Waals surface area contributed by atoms with E-state index in [0.717, 1.165) is 11.1 Å². The molecule has 0 fully saturated rings. The summed E-state index contributed by atoms with van der Waals surface area (Å²) >= 11 is 0. The van der Waals surface area contributed by atoms with Crippen LogP contribution in [0.25, 0.3) is 0 Å². The van der Waals surface area contributed by atoms with Crippen LogP contribution in [0.2, 0.25) is 0 Å². The number of ether oxygens (including phenoxy) is 1. The molecule has 0 saturated carbocycles. The van der Waals surface area contributed by atoms with Gasteiger partial charge in [0.05, 0.1) is 13.0 Å². The maximum absolute atomic E-state index is 11.4. The quantitative estimate of drug-likeness (QED) is 0.734. The van der Waals surface area contributed by atoms with Crippen LogP contribution in [0, 0.1) is 6.92 Å². The van der Waals surface area contributed by atoms with E-state index in [1.807, 2.05) is 31.2 Å². The predicted octanol–water partition coefficient (Wildman–Crippen LogP) is 1.21. The van der Waals surface area contributed by atoms with Gasteiger partial charge < -0.3 is 10.5 Å². The van der Waals surface area contributed by atoms with E-state index in [9.17, 15) is 4.79 Å². The van der Waals surface area contributed by atoms with E-state index in [-0.39, 0.29) is 18.4 Å². The van der Waals surface area contributed by atoms with Gasteiger partial charge in [-0.2, -0.15) is 0 Å². The molecule has 0 aliphatic rings. The highest BCUT2D eigenvalue weighted by molar-refractivity contribution is 5.78. The fourth-order valence-corrected chi connectivity index (χ4v) is 1.40. The van der Waals surface area contributed by atoms with Gasteiger partial charge in [-0.1, -0.05) is 29.8 Å². The van der Waals surface area contributed by atoms with Gasteiger partial charge in [0.1, 0.15) is 0 Å². The number of rotatable bonds is 3. The molecule has 0 unspecified atom stereocenters. The van der Waals surface area contributed by atoms with E-state index in [1.54, 1.807) is 0 Å². The summed E-state index contributed by atoms with van der Waals surface area (Å²) in [4.78, 5) is 11.4. The number of carbonyl (C=O) groups excluding carboxylic acids is 1. The lowest BCUT2D eigenvalue weighted by Gasteiger charge is -2.12. The third-order valence-corrected chi connectivity index (χ3v) is 2.17. The summed E-state index contributed by atoms with van der Waals surface area (Å²) in [7, 11) is 1.38. The van der Waals surface area contributed by atoms with Crippen molar-refractivity contribution >= 4 is 5.97 Å². The molecule has 0 aliphatic heterocycles. The van der Waals surface area contributed by atoms with Crippen molar-refractivity contribution in [1.82, 2.24) is 0 Å². The summed E-state index contributed by atoms with van der Waals surface area (Å²) in [6, 6.07) is 7.74. The molecular formula is C11H15NO2. The van der Waals surface area contributed by atoms with Crippen molar-refractivity contribution in [1.29, 1.82) is 0 Å². The number of methoxy groups -OCH3 is 1. The van der Waals surface area contributed by atoms with Crippen LogP contribution in [0.5, 0.6) is 0 Å². The molecule has 2 N–H and O–H groups in total. The SMILES string of the molecule is COC(=O)[C@H](CN)c1cccc(C)c1. The monoisotopic (exact) mass is 193 g/mol. The average molecular weight is 193 g/mol. The van der Waals surface area contributed by atoms with Gasteiger partial charge in [0, 0.05) is 6.54 Å². The van der Waals surface area contributed by atoms with E-state index in [0.29, 0.717) is 0 Å². The maximum Gasteiger partial charge on any atom is 0.314 e. The first-order chi connectivity index (χ1) is 6.69. The van der Waals surface area contributed by atoms with E-state index in [4.69, 9.17) is 5.73 Å². The van der Waals surface area contributed by atoms with Gasteiger partial charge in [-0.3, -0.25) is 4.79 Å². The van der Waals surface area contributed by atoms with Gasteiger partial charge >= 0.3 is 5.97 Å². The van der Waals surface area contributed by atoms with Crippen molar-refractivity contribution in [3.63, 3.8) is 0 Å². The molecule has 1 rings (SSSR count). The molecule has 14 heavy (non-hydrogen) atoms. The summed E-state index contributed by atoms with van der Waals surface area (Å²) < 4.78 is 4.68. The van der Waals surface area contributed by atoms with Gasteiger partial charge in [-0.25, -0.2) is 0 Å². The number of hydrogen-bond acceptors (Lipinski definition) is 3. The van der Waals surface area contributed by atoms with Crippen molar-refractivity contribution in [2.24, 2.45) is 5.73 Å². The molecule has 0 heterocycles. The third-order valence-electron chi connectivity index (χ3n) is 2.17. The molecule has 1 aromatic carbocycles. The molecule has 3 nitrogen and oxygen atoms in total. The minimum Gasteiger partial charge on any atom is -0.469 e. The van der Waals surface area contributed by atoms with Crippen molar-refractivity contribution in [2.45, 2.75) is 12.8 Å². The van der Waals surface area contributed by atoms with Gasteiger partial charge in [0.2, 0.25) is 0 Å². The van der Waals surface area contributed by atoms with Crippen LogP contribution in [0.3, 0.4) is 0 Å². The Kier molecular flexibility index (Phi) is 3.65. The van der Waals surface area contributed by atoms with Gasteiger partial charge in [0.25, 0.3) is 0 Å². The summed E-state index contributed by atoms with van der Waals surface area (Å²) in [5.41, 5.74) is 7.56. The molecule has 76 valence electrons. The first-order valence-electron chi connectivity index (χ1n) is 4.53. The maximum atomic E-state index is 11.4. The molecule has 0 radical (unpaired) electrons. The topological polar surface area (TPSA) is 52.3 Å². The van der Waals surface area contributed by atoms with E-state index < -0.39 is 0 Å². The highest BCUT2D eigenvalue weighted by Crippen LogP contribution is 2.17. The molecule has 0 bridgehead atoms. The summed E-state index contributed by atoms with van der Waals surface area (Å²) in [6.07, 6.45) is 0.